The molecule has 1 N–H and O–H groups in total. The van der Waals surface area contributed by atoms with Gasteiger partial charge in [0.15, 0.2) is 0 Å². The summed E-state index contributed by atoms with van der Waals surface area (Å²) < 4.78 is 0. The summed E-state index contributed by atoms with van der Waals surface area (Å²) in [4.78, 5) is 14.3. The third kappa shape index (κ3) is 3.49. The molecule has 1 fully saturated rings. The van der Waals surface area contributed by atoms with Gasteiger partial charge in [0, 0.05) is 32.1 Å². The van der Waals surface area contributed by atoms with Crippen LogP contribution in [0.3, 0.4) is 0 Å². The van der Waals surface area contributed by atoms with E-state index in [0.29, 0.717) is 11.8 Å². The van der Waals surface area contributed by atoms with Crippen molar-refractivity contribution in [1.29, 1.82) is 0 Å². The van der Waals surface area contributed by atoms with Crippen molar-refractivity contribution in [3.05, 3.63) is 0 Å². The summed E-state index contributed by atoms with van der Waals surface area (Å²) in [5, 5.41) is 3.28. The van der Waals surface area contributed by atoms with E-state index in [9.17, 15) is 4.79 Å². The van der Waals surface area contributed by atoms with Gasteiger partial charge in [0.2, 0.25) is 5.91 Å². The number of piperazine rings is 1. The number of nitrogens with zero attached hydrogens (tertiary/aromatic N) is 1. The van der Waals surface area contributed by atoms with Crippen molar-refractivity contribution in [3.8, 4) is 0 Å². The van der Waals surface area contributed by atoms with Crippen LogP contribution >= 0.6 is 0 Å². The molecule has 0 radical (unpaired) electrons. The first kappa shape index (κ1) is 12.5. The maximum Gasteiger partial charge on any atom is 0.226 e. The van der Waals surface area contributed by atoms with Crippen molar-refractivity contribution in [2.75, 3.05) is 26.2 Å². The molecule has 1 atom stereocenters. The molecule has 3 nitrogen and oxygen atoms in total. The van der Waals surface area contributed by atoms with Crippen LogP contribution in [0.2, 0.25) is 0 Å². The highest BCUT2D eigenvalue weighted by atomic mass is 16.2. The molecule has 1 amide bonds. The summed E-state index contributed by atoms with van der Waals surface area (Å²) >= 11 is 0. The van der Waals surface area contributed by atoms with Gasteiger partial charge in [-0.05, 0) is 12.3 Å². The molecule has 3 heteroatoms. The topological polar surface area (TPSA) is 32.3 Å². The Morgan fingerprint density at radius 3 is 2.40 bits per heavy atom. The Morgan fingerprint density at radius 1 is 1.33 bits per heavy atom. The first-order chi connectivity index (χ1) is 7.16. The number of amides is 1. The average Bonchev–Trinajstić information content (AvgIpc) is 2.26. The summed E-state index contributed by atoms with van der Waals surface area (Å²) in [6, 6.07) is 0. The molecule has 1 rings (SSSR count). The predicted octanol–water partition coefficient (Wildman–Crippen LogP) is 1.49. The van der Waals surface area contributed by atoms with Crippen LogP contribution in [0.4, 0.5) is 0 Å². The first-order valence-corrected chi connectivity index (χ1v) is 6.16. The second-order valence-electron chi connectivity index (χ2n) is 4.71. The standard InChI is InChI=1S/C12H24N2O/c1-4-5-11(10(2)3)12(15)14-8-6-13-7-9-14/h10-11,13H,4-9H2,1-3H3. The summed E-state index contributed by atoms with van der Waals surface area (Å²) in [6.45, 7) is 10.1. The molecule has 0 spiro atoms. The Hall–Kier alpha value is -0.570. The lowest BCUT2D eigenvalue weighted by molar-refractivity contribution is -0.137. The third-order valence-electron chi connectivity index (χ3n) is 3.15. The van der Waals surface area contributed by atoms with Gasteiger partial charge in [0.25, 0.3) is 0 Å². The van der Waals surface area contributed by atoms with Crippen LogP contribution < -0.4 is 5.32 Å². The minimum Gasteiger partial charge on any atom is -0.340 e. The molecule has 0 bridgehead atoms. The molecule has 0 aromatic rings. The number of rotatable bonds is 4. The van der Waals surface area contributed by atoms with Gasteiger partial charge in [-0.25, -0.2) is 0 Å². The largest absolute Gasteiger partial charge is 0.340 e. The molecule has 0 saturated carbocycles. The Labute approximate surface area is 93.2 Å². The third-order valence-corrected chi connectivity index (χ3v) is 3.15. The van der Waals surface area contributed by atoms with Crippen LogP contribution in [-0.4, -0.2) is 37.0 Å². The highest BCUT2D eigenvalue weighted by Crippen LogP contribution is 2.20. The van der Waals surface area contributed by atoms with E-state index in [1.54, 1.807) is 0 Å². The Morgan fingerprint density at radius 2 is 1.93 bits per heavy atom. The molecule has 1 saturated heterocycles. The van der Waals surface area contributed by atoms with E-state index in [4.69, 9.17) is 0 Å². The second-order valence-corrected chi connectivity index (χ2v) is 4.71. The van der Waals surface area contributed by atoms with Gasteiger partial charge in [0.05, 0.1) is 0 Å². The average molecular weight is 212 g/mol. The van der Waals surface area contributed by atoms with Gasteiger partial charge in [-0.1, -0.05) is 27.2 Å². The summed E-state index contributed by atoms with van der Waals surface area (Å²) in [5.74, 6) is 1.06. The Bertz CT molecular complexity index is 198. The normalized spacial score (nSPS) is 19.3. The first-order valence-electron chi connectivity index (χ1n) is 6.16. The fraction of sp³-hybridized carbons (Fsp3) is 0.917. The van der Waals surface area contributed by atoms with Gasteiger partial charge >= 0.3 is 0 Å². The van der Waals surface area contributed by atoms with Crippen molar-refractivity contribution >= 4 is 5.91 Å². The maximum atomic E-state index is 12.2. The SMILES string of the molecule is CCCC(C(=O)N1CCNCC1)C(C)C. The van der Waals surface area contributed by atoms with Gasteiger partial charge in [-0.15, -0.1) is 0 Å². The lowest BCUT2D eigenvalue weighted by Crippen LogP contribution is -2.49. The smallest absolute Gasteiger partial charge is 0.226 e. The maximum absolute atomic E-state index is 12.2. The van der Waals surface area contributed by atoms with Gasteiger partial charge in [0.1, 0.15) is 0 Å². The molecule has 0 aromatic heterocycles. The van der Waals surface area contributed by atoms with Crippen molar-refractivity contribution in [3.63, 3.8) is 0 Å². The van der Waals surface area contributed by atoms with Crippen LogP contribution in [0.25, 0.3) is 0 Å². The van der Waals surface area contributed by atoms with Crippen molar-refractivity contribution in [2.45, 2.75) is 33.6 Å². The van der Waals surface area contributed by atoms with E-state index < -0.39 is 0 Å². The van der Waals surface area contributed by atoms with E-state index in [0.717, 1.165) is 39.0 Å². The van der Waals surface area contributed by atoms with Crippen LogP contribution in [0.15, 0.2) is 0 Å². The van der Waals surface area contributed by atoms with Gasteiger partial charge in [-0.3, -0.25) is 4.79 Å². The Kier molecular flexibility index (Phi) is 5.09. The highest BCUT2D eigenvalue weighted by molar-refractivity contribution is 5.79. The van der Waals surface area contributed by atoms with Crippen LogP contribution in [0.5, 0.6) is 0 Å². The molecule has 1 aliphatic heterocycles. The monoisotopic (exact) mass is 212 g/mol. The number of hydrogen-bond donors (Lipinski definition) is 1. The van der Waals surface area contributed by atoms with E-state index in [1.807, 2.05) is 4.90 Å². The number of carbonyl (C=O) groups excluding carboxylic acids is 1. The quantitative estimate of drug-likeness (QED) is 0.766. The van der Waals surface area contributed by atoms with E-state index in [2.05, 4.69) is 26.1 Å². The van der Waals surface area contributed by atoms with Crippen LogP contribution in [-0.2, 0) is 4.79 Å². The number of hydrogen-bond acceptors (Lipinski definition) is 2. The minimum absolute atomic E-state index is 0.230. The molecule has 0 aromatic carbocycles. The lowest BCUT2D eigenvalue weighted by atomic mass is 9.90. The summed E-state index contributed by atoms with van der Waals surface area (Å²) in [7, 11) is 0. The van der Waals surface area contributed by atoms with Gasteiger partial charge < -0.3 is 10.2 Å². The van der Waals surface area contributed by atoms with Crippen LogP contribution in [0.1, 0.15) is 33.6 Å². The van der Waals surface area contributed by atoms with Gasteiger partial charge in [-0.2, -0.15) is 0 Å². The number of carbonyl (C=O) groups is 1. The van der Waals surface area contributed by atoms with Crippen molar-refractivity contribution in [1.82, 2.24) is 10.2 Å². The zero-order valence-corrected chi connectivity index (χ0v) is 10.3. The van der Waals surface area contributed by atoms with E-state index in [-0.39, 0.29) is 5.92 Å². The van der Waals surface area contributed by atoms with E-state index >= 15 is 0 Å². The fourth-order valence-corrected chi connectivity index (χ4v) is 2.17. The molecule has 1 heterocycles. The fourth-order valence-electron chi connectivity index (χ4n) is 2.17. The highest BCUT2D eigenvalue weighted by Gasteiger charge is 2.26. The zero-order valence-electron chi connectivity index (χ0n) is 10.3. The zero-order chi connectivity index (χ0) is 11.3. The van der Waals surface area contributed by atoms with Crippen molar-refractivity contribution in [2.24, 2.45) is 11.8 Å². The Balaban J connectivity index is 2.53. The molecule has 15 heavy (non-hydrogen) atoms. The predicted molar refractivity (Wildman–Crippen MR) is 62.7 cm³/mol. The van der Waals surface area contributed by atoms with E-state index in [1.165, 1.54) is 0 Å². The minimum atomic E-state index is 0.230. The second kappa shape index (κ2) is 6.11. The molecule has 88 valence electrons. The van der Waals surface area contributed by atoms with Crippen LogP contribution in [0, 0.1) is 11.8 Å². The summed E-state index contributed by atoms with van der Waals surface area (Å²) in [6.07, 6.45) is 2.13. The van der Waals surface area contributed by atoms with Crippen molar-refractivity contribution < 1.29 is 4.79 Å². The molecule has 1 aliphatic rings. The molecule has 1 unspecified atom stereocenters. The molecular weight excluding hydrogens is 188 g/mol. The summed E-state index contributed by atoms with van der Waals surface area (Å²) in [5.41, 5.74) is 0. The lowest BCUT2D eigenvalue weighted by Gasteiger charge is -2.32. The molecular formula is C12H24N2O. The number of nitrogens with one attached hydrogen (secondary N) is 1. The molecule has 0 aliphatic carbocycles.